The first-order chi connectivity index (χ1) is 8.27. The molecule has 2 nitrogen and oxygen atoms in total. The van der Waals surface area contributed by atoms with E-state index in [1.807, 2.05) is 56.3 Å². The summed E-state index contributed by atoms with van der Waals surface area (Å²) >= 11 is 0. The van der Waals surface area contributed by atoms with Crippen molar-refractivity contribution in [3.05, 3.63) is 53.6 Å². The fraction of sp³-hybridized carbons (Fsp3) is 0.267. The maximum Gasteiger partial charge on any atom is 0.337 e. The van der Waals surface area contributed by atoms with Crippen LogP contribution in [0.2, 0.25) is 0 Å². The second-order valence-corrected chi connectivity index (χ2v) is 3.53. The van der Waals surface area contributed by atoms with Gasteiger partial charge in [-0.3, -0.25) is 0 Å². The molecule has 0 atom stereocenters. The number of benzene rings is 1. The molecule has 0 radical (unpaired) electrons. The first-order valence-electron chi connectivity index (χ1n) is 5.88. The van der Waals surface area contributed by atoms with Crippen LogP contribution < -0.4 is 0 Å². The first-order valence-corrected chi connectivity index (χ1v) is 5.88. The van der Waals surface area contributed by atoms with Crippen LogP contribution in [0, 0.1) is 0 Å². The number of allylic oxidation sites excluding steroid dienone is 1. The fourth-order valence-electron chi connectivity index (χ4n) is 1.40. The monoisotopic (exact) mass is 230 g/mol. The van der Waals surface area contributed by atoms with Gasteiger partial charge in [-0.2, -0.15) is 0 Å². The average Bonchev–Trinajstić information content (AvgIpc) is 2.36. The van der Waals surface area contributed by atoms with Crippen molar-refractivity contribution >= 4 is 12.0 Å². The Bertz CT molecular complexity index is 402. The SMILES string of the molecule is CC/C=C(/C=C/c1ccccc1)C(=O)OCC. The van der Waals surface area contributed by atoms with Gasteiger partial charge in [-0.1, -0.05) is 49.4 Å². The summed E-state index contributed by atoms with van der Waals surface area (Å²) in [5, 5.41) is 0. The Morgan fingerprint density at radius 3 is 2.53 bits per heavy atom. The zero-order valence-corrected chi connectivity index (χ0v) is 10.3. The molecule has 0 heterocycles. The lowest BCUT2D eigenvalue weighted by atomic mass is 10.1. The lowest BCUT2D eigenvalue weighted by Gasteiger charge is -2.02. The van der Waals surface area contributed by atoms with Crippen LogP contribution in [0.25, 0.3) is 6.08 Å². The van der Waals surface area contributed by atoms with E-state index in [-0.39, 0.29) is 5.97 Å². The van der Waals surface area contributed by atoms with Crippen LogP contribution in [0.1, 0.15) is 25.8 Å². The van der Waals surface area contributed by atoms with E-state index in [1.54, 1.807) is 6.08 Å². The third-order valence-electron chi connectivity index (χ3n) is 2.19. The Balaban J connectivity index is 2.77. The highest BCUT2D eigenvalue weighted by atomic mass is 16.5. The van der Waals surface area contributed by atoms with E-state index in [0.29, 0.717) is 12.2 Å². The molecule has 1 aromatic carbocycles. The van der Waals surface area contributed by atoms with Crippen LogP contribution in [0.15, 0.2) is 48.1 Å². The van der Waals surface area contributed by atoms with Gasteiger partial charge in [-0.05, 0) is 25.0 Å². The maximum absolute atomic E-state index is 11.6. The molecule has 0 aliphatic heterocycles. The Morgan fingerprint density at radius 2 is 1.94 bits per heavy atom. The molecule has 0 saturated heterocycles. The minimum absolute atomic E-state index is 0.262. The standard InChI is InChI=1S/C15H18O2/c1-3-8-14(15(16)17-4-2)12-11-13-9-6-5-7-10-13/h5-12H,3-4H2,1-2H3/b12-11+,14-8-. The zero-order chi connectivity index (χ0) is 12.5. The van der Waals surface area contributed by atoms with Crippen molar-refractivity contribution < 1.29 is 9.53 Å². The molecule has 0 aliphatic carbocycles. The minimum Gasteiger partial charge on any atom is -0.462 e. The maximum atomic E-state index is 11.6. The molecule has 0 unspecified atom stereocenters. The summed E-state index contributed by atoms with van der Waals surface area (Å²) in [5.74, 6) is -0.262. The molecule has 0 saturated carbocycles. The van der Waals surface area contributed by atoms with Crippen LogP contribution in [0.3, 0.4) is 0 Å². The Kier molecular flexibility index (Phi) is 5.80. The molecule has 0 N–H and O–H groups in total. The van der Waals surface area contributed by atoms with E-state index in [2.05, 4.69) is 0 Å². The molecule has 90 valence electrons. The summed E-state index contributed by atoms with van der Waals surface area (Å²) in [4.78, 5) is 11.6. The molecule has 0 amide bonds. The number of carbonyl (C=O) groups is 1. The van der Waals surface area contributed by atoms with Gasteiger partial charge in [-0.25, -0.2) is 4.79 Å². The number of hydrogen-bond donors (Lipinski definition) is 0. The van der Waals surface area contributed by atoms with Gasteiger partial charge in [0.1, 0.15) is 0 Å². The highest BCUT2D eigenvalue weighted by Crippen LogP contribution is 2.07. The zero-order valence-electron chi connectivity index (χ0n) is 10.3. The molecule has 0 aromatic heterocycles. The topological polar surface area (TPSA) is 26.3 Å². The molecular formula is C15H18O2. The summed E-state index contributed by atoms with van der Waals surface area (Å²) in [6.45, 7) is 4.21. The van der Waals surface area contributed by atoms with E-state index in [0.717, 1.165) is 12.0 Å². The highest BCUT2D eigenvalue weighted by Gasteiger charge is 2.05. The van der Waals surface area contributed by atoms with E-state index in [1.165, 1.54) is 0 Å². The van der Waals surface area contributed by atoms with Crippen molar-refractivity contribution in [2.45, 2.75) is 20.3 Å². The lowest BCUT2D eigenvalue weighted by Crippen LogP contribution is -2.05. The number of hydrogen-bond acceptors (Lipinski definition) is 2. The summed E-state index contributed by atoms with van der Waals surface area (Å²) in [5.41, 5.74) is 1.68. The molecule has 2 heteroatoms. The second-order valence-electron chi connectivity index (χ2n) is 3.53. The van der Waals surface area contributed by atoms with Gasteiger partial charge in [0.2, 0.25) is 0 Å². The van der Waals surface area contributed by atoms with Crippen molar-refractivity contribution in [3.63, 3.8) is 0 Å². The predicted molar refractivity (Wildman–Crippen MR) is 70.5 cm³/mol. The molecule has 0 bridgehead atoms. The van der Waals surface area contributed by atoms with E-state index >= 15 is 0 Å². The van der Waals surface area contributed by atoms with E-state index < -0.39 is 0 Å². The van der Waals surface area contributed by atoms with Gasteiger partial charge in [0.05, 0.1) is 12.2 Å². The van der Waals surface area contributed by atoms with Crippen LogP contribution in [0.4, 0.5) is 0 Å². The fourth-order valence-corrected chi connectivity index (χ4v) is 1.40. The summed E-state index contributed by atoms with van der Waals surface area (Å²) in [6.07, 6.45) is 6.40. The average molecular weight is 230 g/mol. The number of esters is 1. The number of rotatable bonds is 5. The van der Waals surface area contributed by atoms with Gasteiger partial charge in [0, 0.05) is 0 Å². The van der Waals surface area contributed by atoms with E-state index in [4.69, 9.17) is 4.74 Å². The molecule has 0 spiro atoms. The second kappa shape index (κ2) is 7.44. The van der Waals surface area contributed by atoms with Gasteiger partial charge < -0.3 is 4.74 Å². The van der Waals surface area contributed by atoms with Gasteiger partial charge >= 0.3 is 5.97 Å². The van der Waals surface area contributed by atoms with Crippen molar-refractivity contribution in [2.75, 3.05) is 6.61 Å². The molecule has 17 heavy (non-hydrogen) atoms. The molecule has 1 rings (SSSR count). The van der Waals surface area contributed by atoms with Gasteiger partial charge in [0.25, 0.3) is 0 Å². The normalized spacial score (nSPS) is 11.8. The molecular weight excluding hydrogens is 212 g/mol. The molecule has 0 aliphatic rings. The van der Waals surface area contributed by atoms with Crippen LogP contribution >= 0.6 is 0 Å². The van der Waals surface area contributed by atoms with Crippen LogP contribution in [-0.2, 0) is 9.53 Å². The van der Waals surface area contributed by atoms with Crippen molar-refractivity contribution in [1.82, 2.24) is 0 Å². The Labute approximate surface area is 103 Å². The molecule has 0 fully saturated rings. The quantitative estimate of drug-likeness (QED) is 0.439. The largest absolute Gasteiger partial charge is 0.462 e. The predicted octanol–water partition coefficient (Wildman–Crippen LogP) is 3.60. The van der Waals surface area contributed by atoms with Crippen molar-refractivity contribution in [3.8, 4) is 0 Å². The Hall–Kier alpha value is -1.83. The van der Waals surface area contributed by atoms with Gasteiger partial charge in [-0.15, -0.1) is 0 Å². The van der Waals surface area contributed by atoms with Crippen molar-refractivity contribution in [1.29, 1.82) is 0 Å². The summed E-state index contributed by atoms with van der Waals surface area (Å²) in [6, 6.07) is 9.88. The van der Waals surface area contributed by atoms with E-state index in [9.17, 15) is 4.79 Å². The van der Waals surface area contributed by atoms with Crippen LogP contribution in [0.5, 0.6) is 0 Å². The third kappa shape index (κ3) is 4.68. The lowest BCUT2D eigenvalue weighted by molar-refractivity contribution is -0.138. The van der Waals surface area contributed by atoms with Crippen molar-refractivity contribution in [2.24, 2.45) is 0 Å². The number of ether oxygens (including phenoxy) is 1. The summed E-state index contributed by atoms with van der Waals surface area (Å²) < 4.78 is 4.99. The third-order valence-corrected chi connectivity index (χ3v) is 2.19. The number of carbonyl (C=O) groups excluding carboxylic acids is 1. The minimum atomic E-state index is -0.262. The smallest absolute Gasteiger partial charge is 0.337 e. The van der Waals surface area contributed by atoms with Gasteiger partial charge in [0.15, 0.2) is 0 Å². The summed E-state index contributed by atoms with van der Waals surface area (Å²) in [7, 11) is 0. The van der Waals surface area contributed by atoms with Crippen LogP contribution in [-0.4, -0.2) is 12.6 Å². The molecule has 1 aromatic rings. The highest BCUT2D eigenvalue weighted by molar-refractivity contribution is 5.92. The Morgan fingerprint density at radius 1 is 1.24 bits per heavy atom. The first kappa shape index (κ1) is 13.2.